The van der Waals surface area contributed by atoms with Gasteiger partial charge >= 0.3 is 0 Å². The summed E-state index contributed by atoms with van der Waals surface area (Å²) in [6, 6.07) is 35.5. The zero-order valence-electron chi connectivity index (χ0n) is 18.0. The lowest BCUT2D eigenvalue weighted by Crippen LogP contribution is -2.50. The third-order valence-electron chi connectivity index (χ3n) is 7.84. The Morgan fingerprint density at radius 1 is 0.697 bits per heavy atom. The highest BCUT2D eigenvalue weighted by Gasteiger charge is 2.85. The Bertz CT molecular complexity index is 1540. The number of hydrogen-bond acceptors (Lipinski definition) is 1. The van der Waals surface area contributed by atoms with Crippen molar-refractivity contribution in [1.82, 2.24) is 4.98 Å². The molecule has 3 atom stereocenters. The Balaban J connectivity index is 1.43. The van der Waals surface area contributed by atoms with E-state index in [1.807, 2.05) is 12.3 Å². The van der Waals surface area contributed by atoms with Gasteiger partial charge in [0.15, 0.2) is 12.4 Å². The highest BCUT2D eigenvalue weighted by atomic mass is 15.3. The number of aromatic nitrogens is 3. The van der Waals surface area contributed by atoms with Crippen LogP contribution in [0.4, 0.5) is 0 Å². The molecule has 3 unspecified atom stereocenters. The van der Waals surface area contributed by atoms with E-state index in [0.717, 1.165) is 11.3 Å². The summed E-state index contributed by atoms with van der Waals surface area (Å²) in [5.41, 5.74) is 10.2. The molecule has 154 valence electrons. The van der Waals surface area contributed by atoms with Crippen LogP contribution >= 0.6 is 0 Å². The van der Waals surface area contributed by atoms with Gasteiger partial charge in [0, 0.05) is 41.6 Å². The van der Waals surface area contributed by atoms with Crippen molar-refractivity contribution in [2.45, 2.75) is 17.5 Å². The van der Waals surface area contributed by atoms with Crippen LogP contribution in [-0.4, -0.2) is 4.98 Å². The van der Waals surface area contributed by atoms with E-state index in [4.69, 9.17) is 0 Å². The second kappa shape index (κ2) is 6.02. The van der Waals surface area contributed by atoms with E-state index in [0.29, 0.717) is 12.0 Å². The highest BCUT2D eigenvalue weighted by molar-refractivity contribution is 5.75. The van der Waals surface area contributed by atoms with Gasteiger partial charge < -0.3 is 0 Å². The van der Waals surface area contributed by atoms with Crippen molar-refractivity contribution in [2.75, 3.05) is 0 Å². The Morgan fingerprint density at radius 3 is 2.42 bits per heavy atom. The molecule has 2 aliphatic heterocycles. The average Bonchev–Trinajstić information content (AvgIpc) is 3.52. The normalized spacial score (nSPS) is 22.7. The Labute approximate surface area is 192 Å². The largest absolute Gasteiger partial charge is 0.269 e. The maximum Gasteiger partial charge on any atom is 0.269 e. The van der Waals surface area contributed by atoms with Crippen LogP contribution in [0.5, 0.6) is 0 Å². The first-order valence-electron chi connectivity index (χ1n) is 11.6. The van der Waals surface area contributed by atoms with Crippen molar-refractivity contribution in [3.63, 3.8) is 0 Å². The molecule has 3 heteroatoms. The van der Waals surface area contributed by atoms with Crippen LogP contribution in [0.3, 0.4) is 0 Å². The lowest BCUT2D eigenvalue weighted by molar-refractivity contribution is -0.772. The molecule has 8 rings (SSSR count). The highest BCUT2D eigenvalue weighted by Crippen LogP contribution is 2.70. The number of rotatable bonds is 1. The first-order chi connectivity index (χ1) is 16.4. The van der Waals surface area contributed by atoms with Crippen molar-refractivity contribution < 1.29 is 9.13 Å². The molecule has 33 heavy (non-hydrogen) atoms. The first kappa shape index (κ1) is 17.4. The number of fused-ring (bicyclic) bond motifs is 13. The van der Waals surface area contributed by atoms with Crippen LogP contribution in [0.25, 0.3) is 33.8 Å². The summed E-state index contributed by atoms with van der Waals surface area (Å²) >= 11 is 0. The molecule has 3 aromatic heterocycles. The predicted octanol–water partition coefficient (Wildman–Crippen LogP) is 5.07. The fourth-order valence-electron chi connectivity index (χ4n) is 6.59. The van der Waals surface area contributed by atoms with Crippen LogP contribution in [0.1, 0.15) is 23.1 Å². The van der Waals surface area contributed by atoms with Crippen molar-refractivity contribution in [2.24, 2.45) is 0 Å². The molecule has 3 nitrogen and oxygen atoms in total. The van der Waals surface area contributed by atoms with Gasteiger partial charge in [-0.05, 0) is 35.9 Å². The fraction of sp³-hybridized carbons (Fsp3) is 0.100. The van der Waals surface area contributed by atoms with Gasteiger partial charge in [-0.15, -0.1) is 0 Å². The second-order valence-corrected chi connectivity index (χ2v) is 9.26. The van der Waals surface area contributed by atoms with Gasteiger partial charge in [0.2, 0.25) is 17.4 Å². The quantitative estimate of drug-likeness (QED) is 0.345. The van der Waals surface area contributed by atoms with Gasteiger partial charge in [0.05, 0.1) is 16.8 Å². The van der Waals surface area contributed by atoms with Gasteiger partial charge in [-0.25, -0.2) is 0 Å². The molecular weight excluding hydrogens is 402 g/mol. The molecule has 0 bridgehead atoms. The standard InChI is InChI=1S/C30H21N3/c1-2-10-22-21(9-1)26-14-6-8-17-32(26)29-28(22)30(29)24-12-4-3-11-23(24)27-19-20(15-18-33(27)30)25-13-5-7-16-31-25/h1-19,28-29H/q+2. The number of pyridine rings is 3. The molecule has 1 spiro atoms. The topological polar surface area (TPSA) is 20.6 Å². The van der Waals surface area contributed by atoms with E-state index in [2.05, 4.69) is 118 Å². The molecule has 0 N–H and O–H groups in total. The molecular formula is C30H21N3+2. The first-order valence-corrected chi connectivity index (χ1v) is 11.6. The monoisotopic (exact) mass is 423 g/mol. The molecule has 3 aliphatic rings. The van der Waals surface area contributed by atoms with E-state index >= 15 is 0 Å². The molecule has 0 amide bonds. The molecule has 1 fully saturated rings. The summed E-state index contributed by atoms with van der Waals surface area (Å²) < 4.78 is 5.06. The van der Waals surface area contributed by atoms with Crippen LogP contribution in [0, 0.1) is 0 Å². The van der Waals surface area contributed by atoms with E-state index in [-0.39, 0.29) is 5.54 Å². The summed E-state index contributed by atoms with van der Waals surface area (Å²) in [5, 5.41) is 0. The lowest BCUT2D eigenvalue weighted by Gasteiger charge is -2.11. The SMILES string of the molecule is c1ccc(-c2cc[n+]3c(c2)-c2ccccc2C32C3c4ccccc4-c4cccc[n+]4C32)nc1. The summed E-state index contributed by atoms with van der Waals surface area (Å²) in [6.07, 6.45) is 6.43. The molecule has 5 aromatic rings. The number of benzene rings is 2. The lowest BCUT2D eigenvalue weighted by atomic mass is 9.93. The van der Waals surface area contributed by atoms with E-state index < -0.39 is 0 Å². The maximum absolute atomic E-state index is 4.60. The summed E-state index contributed by atoms with van der Waals surface area (Å²) in [5.74, 6) is 0.404. The van der Waals surface area contributed by atoms with E-state index in [1.54, 1.807) is 0 Å². The van der Waals surface area contributed by atoms with Crippen molar-refractivity contribution >= 4 is 0 Å². The average molecular weight is 424 g/mol. The smallest absolute Gasteiger partial charge is 0.256 e. The second-order valence-electron chi connectivity index (χ2n) is 9.26. The van der Waals surface area contributed by atoms with Gasteiger partial charge in [0.25, 0.3) is 5.54 Å². The minimum absolute atomic E-state index is 0.109. The van der Waals surface area contributed by atoms with Crippen molar-refractivity contribution in [3.05, 3.63) is 127 Å². The van der Waals surface area contributed by atoms with Gasteiger partial charge in [-0.2, -0.15) is 9.13 Å². The van der Waals surface area contributed by atoms with Crippen molar-refractivity contribution in [3.8, 4) is 33.8 Å². The van der Waals surface area contributed by atoms with Gasteiger partial charge in [-0.3, -0.25) is 4.98 Å². The minimum Gasteiger partial charge on any atom is -0.256 e. The number of hydrogen-bond donors (Lipinski definition) is 0. The Morgan fingerprint density at radius 2 is 1.52 bits per heavy atom. The summed E-state index contributed by atoms with van der Waals surface area (Å²) in [4.78, 5) is 4.60. The zero-order chi connectivity index (χ0) is 21.6. The van der Waals surface area contributed by atoms with Crippen LogP contribution in [0.2, 0.25) is 0 Å². The molecule has 0 saturated heterocycles. The fourth-order valence-corrected chi connectivity index (χ4v) is 6.59. The molecule has 5 heterocycles. The van der Waals surface area contributed by atoms with Crippen LogP contribution < -0.4 is 9.13 Å². The zero-order valence-corrected chi connectivity index (χ0v) is 18.0. The predicted molar refractivity (Wildman–Crippen MR) is 126 cm³/mol. The summed E-state index contributed by atoms with van der Waals surface area (Å²) in [7, 11) is 0. The van der Waals surface area contributed by atoms with Gasteiger partial charge in [0.1, 0.15) is 5.92 Å². The summed E-state index contributed by atoms with van der Waals surface area (Å²) in [6.45, 7) is 0. The third kappa shape index (κ3) is 2.03. The van der Waals surface area contributed by atoms with Crippen molar-refractivity contribution in [1.29, 1.82) is 0 Å². The van der Waals surface area contributed by atoms with Crippen LogP contribution in [0.15, 0.2) is 116 Å². The molecule has 1 saturated carbocycles. The van der Waals surface area contributed by atoms with E-state index in [9.17, 15) is 0 Å². The molecule has 0 radical (unpaired) electrons. The van der Waals surface area contributed by atoms with E-state index in [1.165, 1.54) is 33.6 Å². The van der Waals surface area contributed by atoms with Crippen LogP contribution in [-0.2, 0) is 5.54 Å². The number of nitrogens with zero attached hydrogens (tertiary/aromatic N) is 3. The molecule has 1 aliphatic carbocycles. The molecule has 2 aromatic carbocycles. The third-order valence-corrected chi connectivity index (χ3v) is 7.84. The maximum atomic E-state index is 4.60. The van der Waals surface area contributed by atoms with Gasteiger partial charge in [-0.1, -0.05) is 42.5 Å². The minimum atomic E-state index is -0.109. The Hall–Kier alpha value is -4.11. The Kier molecular flexibility index (Phi) is 3.18.